The number of thiophene rings is 1. The number of hydrogen-bond donors (Lipinski definition) is 1. The van der Waals surface area contributed by atoms with Gasteiger partial charge in [0.2, 0.25) is 0 Å². The molecule has 1 fully saturated rings. The van der Waals surface area contributed by atoms with Crippen molar-refractivity contribution in [3.63, 3.8) is 0 Å². The van der Waals surface area contributed by atoms with Crippen LogP contribution < -0.4 is 4.90 Å². The van der Waals surface area contributed by atoms with Gasteiger partial charge in [0, 0.05) is 18.0 Å². The van der Waals surface area contributed by atoms with E-state index in [0.29, 0.717) is 0 Å². The summed E-state index contributed by atoms with van der Waals surface area (Å²) >= 11 is 1.66. The number of ether oxygens (including phenoxy) is 1. The maximum absolute atomic E-state index is 8.92. The lowest BCUT2D eigenvalue weighted by molar-refractivity contribution is 0.123. The lowest BCUT2D eigenvalue weighted by Gasteiger charge is -2.27. The van der Waals surface area contributed by atoms with Gasteiger partial charge in [0.1, 0.15) is 0 Å². The van der Waals surface area contributed by atoms with Crippen molar-refractivity contribution in [3.8, 4) is 0 Å². The Labute approximate surface area is 81.6 Å². The van der Waals surface area contributed by atoms with E-state index >= 15 is 0 Å². The van der Waals surface area contributed by atoms with E-state index in [1.54, 1.807) is 11.3 Å². The Morgan fingerprint density at radius 3 is 2.77 bits per heavy atom. The van der Waals surface area contributed by atoms with E-state index in [4.69, 9.17) is 9.84 Å². The monoisotopic (exact) mass is 199 g/mol. The van der Waals surface area contributed by atoms with Crippen molar-refractivity contribution in [1.82, 2.24) is 0 Å². The lowest BCUT2D eigenvalue weighted by atomic mass is 10.4. The smallest absolute Gasteiger partial charge is 0.0913 e. The van der Waals surface area contributed by atoms with E-state index < -0.39 is 0 Å². The van der Waals surface area contributed by atoms with Crippen LogP contribution in [0.4, 0.5) is 5.00 Å². The molecule has 13 heavy (non-hydrogen) atoms. The molecule has 0 unspecified atom stereocenters. The topological polar surface area (TPSA) is 32.7 Å². The molecule has 0 saturated carbocycles. The fraction of sp³-hybridized carbons (Fsp3) is 0.556. The highest BCUT2D eigenvalue weighted by Crippen LogP contribution is 2.26. The molecule has 3 nitrogen and oxygen atoms in total. The van der Waals surface area contributed by atoms with Gasteiger partial charge in [-0.05, 0) is 12.1 Å². The molecule has 1 N–H and O–H groups in total. The van der Waals surface area contributed by atoms with Crippen LogP contribution in [0.1, 0.15) is 4.88 Å². The maximum atomic E-state index is 8.92. The summed E-state index contributed by atoms with van der Waals surface area (Å²) in [5.41, 5.74) is 0. The third-order valence-electron chi connectivity index (χ3n) is 2.13. The van der Waals surface area contributed by atoms with Crippen molar-refractivity contribution in [2.75, 3.05) is 31.2 Å². The number of hydrogen-bond acceptors (Lipinski definition) is 4. The van der Waals surface area contributed by atoms with Crippen molar-refractivity contribution in [2.24, 2.45) is 0 Å². The zero-order valence-electron chi connectivity index (χ0n) is 7.40. The second kappa shape index (κ2) is 4.09. The molecule has 0 amide bonds. The fourth-order valence-electron chi connectivity index (χ4n) is 1.41. The van der Waals surface area contributed by atoms with Crippen molar-refractivity contribution in [2.45, 2.75) is 6.61 Å². The van der Waals surface area contributed by atoms with Gasteiger partial charge in [0.25, 0.3) is 0 Å². The molecule has 4 heteroatoms. The van der Waals surface area contributed by atoms with Gasteiger partial charge in [-0.25, -0.2) is 0 Å². The second-order valence-corrected chi connectivity index (χ2v) is 4.14. The van der Waals surface area contributed by atoms with Crippen molar-refractivity contribution >= 4 is 16.3 Å². The van der Waals surface area contributed by atoms with Gasteiger partial charge < -0.3 is 14.7 Å². The van der Waals surface area contributed by atoms with E-state index in [2.05, 4.69) is 11.0 Å². The van der Waals surface area contributed by atoms with Gasteiger partial charge in [-0.1, -0.05) is 0 Å². The minimum Gasteiger partial charge on any atom is -0.391 e. The fourth-order valence-corrected chi connectivity index (χ4v) is 2.32. The molecule has 0 spiro atoms. The van der Waals surface area contributed by atoms with Gasteiger partial charge in [-0.2, -0.15) is 0 Å². The first-order valence-electron chi connectivity index (χ1n) is 4.42. The van der Waals surface area contributed by atoms with Gasteiger partial charge in [0.05, 0.1) is 24.8 Å². The Morgan fingerprint density at radius 2 is 2.15 bits per heavy atom. The summed E-state index contributed by atoms with van der Waals surface area (Å²) in [4.78, 5) is 3.33. The molecule has 1 aliphatic heterocycles. The van der Waals surface area contributed by atoms with Crippen LogP contribution in [0.5, 0.6) is 0 Å². The molecule has 2 heterocycles. The minimum atomic E-state index is 0.148. The molecule has 1 aromatic rings. The molecular weight excluding hydrogens is 186 g/mol. The Kier molecular flexibility index (Phi) is 2.83. The van der Waals surface area contributed by atoms with E-state index in [1.807, 2.05) is 6.07 Å². The second-order valence-electron chi connectivity index (χ2n) is 3.00. The molecule has 0 atom stereocenters. The summed E-state index contributed by atoms with van der Waals surface area (Å²) in [5, 5.41) is 10.2. The number of morpholine rings is 1. The van der Waals surface area contributed by atoms with Crippen LogP contribution in [0.15, 0.2) is 12.1 Å². The van der Waals surface area contributed by atoms with Crippen molar-refractivity contribution < 1.29 is 9.84 Å². The van der Waals surface area contributed by atoms with Crippen LogP contribution in [0, 0.1) is 0 Å². The van der Waals surface area contributed by atoms with Gasteiger partial charge in [-0.15, -0.1) is 11.3 Å². The summed E-state index contributed by atoms with van der Waals surface area (Å²) in [6.07, 6.45) is 0. The summed E-state index contributed by atoms with van der Waals surface area (Å²) in [7, 11) is 0. The number of aliphatic hydroxyl groups is 1. The van der Waals surface area contributed by atoms with Gasteiger partial charge in [0.15, 0.2) is 0 Å². The Hall–Kier alpha value is -0.580. The Balaban J connectivity index is 2.05. The third-order valence-corrected chi connectivity index (χ3v) is 3.26. The maximum Gasteiger partial charge on any atom is 0.0913 e. The van der Waals surface area contributed by atoms with Crippen LogP contribution in [0.25, 0.3) is 0 Å². The van der Waals surface area contributed by atoms with Crippen molar-refractivity contribution in [1.29, 1.82) is 0 Å². The quantitative estimate of drug-likeness (QED) is 0.773. The molecule has 0 aromatic carbocycles. The van der Waals surface area contributed by atoms with Gasteiger partial charge >= 0.3 is 0 Å². The first kappa shape index (κ1) is 8.99. The zero-order chi connectivity index (χ0) is 9.10. The van der Waals surface area contributed by atoms with E-state index in [1.165, 1.54) is 5.00 Å². The SMILES string of the molecule is OCc1ccc(N2CCOCC2)s1. The summed E-state index contributed by atoms with van der Waals surface area (Å²) in [5.74, 6) is 0. The van der Waals surface area contributed by atoms with Gasteiger partial charge in [-0.3, -0.25) is 0 Å². The molecule has 1 saturated heterocycles. The standard InChI is InChI=1S/C9H13NO2S/c11-7-8-1-2-9(13-8)10-3-5-12-6-4-10/h1-2,11H,3-7H2. The predicted octanol–water partition coefficient (Wildman–Crippen LogP) is 1.08. The van der Waals surface area contributed by atoms with Crippen molar-refractivity contribution in [3.05, 3.63) is 17.0 Å². The van der Waals surface area contributed by atoms with Crippen LogP contribution >= 0.6 is 11.3 Å². The average Bonchev–Trinajstić information content (AvgIpc) is 2.67. The highest BCUT2D eigenvalue weighted by Gasteiger charge is 2.12. The predicted molar refractivity (Wildman–Crippen MR) is 53.3 cm³/mol. The molecule has 0 aliphatic carbocycles. The number of anilines is 1. The minimum absolute atomic E-state index is 0.148. The Bertz CT molecular complexity index is 268. The number of nitrogens with zero attached hydrogens (tertiary/aromatic N) is 1. The first-order valence-corrected chi connectivity index (χ1v) is 5.24. The van der Waals surface area contributed by atoms with Crippen LogP contribution in [-0.2, 0) is 11.3 Å². The normalized spacial score (nSPS) is 17.8. The molecule has 0 radical (unpaired) electrons. The van der Waals surface area contributed by atoms with Crippen LogP contribution in [0.2, 0.25) is 0 Å². The highest BCUT2D eigenvalue weighted by atomic mass is 32.1. The lowest BCUT2D eigenvalue weighted by Crippen LogP contribution is -2.35. The summed E-state index contributed by atoms with van der Waals surface area (Å²) < 4.78 is 5.27. The third kappa shape index (κ3) is 2.02. The highest BCUT2D eigenvalue weighted by molar-refractivity contribution is 7.16. The summed E-state index contributed by atoms with van der Waals surface area (Å²) in [6.45, 7) is 3.70. The van der Waals surface area contributed by atoms with E-state index in [9.17, 15) is 0 Å². The molecule has 1 aliphatic rings. The number of aliphatic hydroxyl groups excluding tert-OH is 1. The molecule has 0 bridgehead atoms. The van der Waals surface area contributed by atoms with Crippen LogP contribution in [0.3, 0.4) is 0 Å². The largest absolute Gasteiger partial charge is 0.391 e. The zero-order valence-corrected chi connectivity index (χ0v) is 8.22. The molecular formula is C9H13NO2S. The number of rotatable bonds is 2. The van der Waals surface area contributed by atoms with E-state index in [-0.39, 0.29) is 6.61 Å². The average molecular weight is 199 g/mol. The Morgan fingerprint density at radius 1 is 1.38 bits per heavy atom. The molecule has 1 aromatic heterocycles. The van der Waals surface area contributed by atoms with Crippen LogP contribution in [-0.4, -0.2) is 31.4 Å². The van der Waals surface area contributed by atoms with E-state index in [0.717, 1.165) is 31.2 Å². The molecule has 2 rings (SSSR count). The summed E-state index contributed by atoms with van der Waals surface area (Å²) in [6, 6.07) is 4.05. The molecule has 72 valence electrons. The first-order chi connectivity index (χ1) is 6.40.